The van der Waals surface area contributed by atoms with Gasteiger partial charge in [-0.3, -0.25) is 14.8 Å². The number of nitrogens with zero attached hydrogens (tertiary/aromatic N) is 3. The number of nitrogens with one attached hydrogen (secondary N) is 2. The molecule has 2 fully saturated rings. The fourth-order valence-electron chi connectivity index (χ4n) is 4.07. The monoisotopic (exact) mass is 387 g/mol. The maximum atomic E-state index is 5.46. The highest BCUT2D eigenvalue weighted by Gasteiger charge is 2.24. The van der Waals surface area contributed by atoms with Crippen LogP contribution in [0.3, 0.4) is 0 Å². The standard InChI is InChI=1S/C22H37N5O/c1-3-23-22(24-16-19(2)26-12-14-28-15-13-26)25-17-21-10-7-11-27(21)18-20-8-5-4-6-9-20/h4-6,8-9,19,21H,3,7,10-18H2,1-2H3,(H2,23,24,25). The van der Waals surface area contributed by atoms with E-state index in [1.807, 2.05) is 0 Å². The van der Waals surface area contributed by atoms with E-state index in [4.69, 9.17) is 9.73 Å². The van der Waals surface area contributed by atoms with E-state index in [1.165, 1.54) is 24.9 Å². The van der Waals surface area contributed by atoms with Crippen LogP contribution in [0, 0.1) is 0 Å². The van der Waals surface area contributed by atoms with Crippen molar-refractivity contribution < 1.29 is 4.74 Å². The molecule has 2 heterocycles. The van der Waals surface area contributed by atoms with Crippen LogP contribution >= 0.6 is 0 Å². The highest BCUT2D eigenvalue weighted by molar-refractivity contribution is 5.79. The summed E-state index contributed by atoms with van der Waals surface area (Å²) in [5.74, 6) is 0.939. The zero-order chi connectivity index (χ0) is 19.6. The highest BCUT2D eigenvalue weighted by Crippen LogP contribution is 2.19. The van der Waals surface area contributed by atoms with Gasteiger partial charge in [-0.05, 0) is 38.8 Å². The maximum absolute atomic E-state index is 5.46. The molecule has 0 bridgehead atoms. The van der Waals surface area contributed by atoms with Crippen LogP contribution in [0.25, 0.3) is 0 Å². The van der Waals surface area contributed by atoms with Gasteiger partial charge in [-0.25, -0.2) is 0 Å². The molecule has 0 amide bonds. The molecule has 2 unspecified atom stereocenters. The molecule has 3 rings (SSSR count). The number of likely N-dealkylation sites (tertiary alicyclic amines) is 1. The summed E-state index contributed by atoms with van der Waals surface area (Å²) in [6, 6.07) is 11.8. The predicted octanol–water partition coefficient (Wildman–Crippen LogP) is 1.93. The van der Waals surface area contributed by atoms with Gasteiger partial charge in [0, 0.05) is 44.8 Å². The number of hydrogen-bond donors (Lipinski definition) is 2. The largest absolute Gasteiger partial charge is 0.379 e. The van der Waals surface area contributed by atoms with Crippen molar-refractivity contribution in [3.05, 3.63) is 35.9 Å². The van der Waals surface area contributed by atoms with E-state index in [9.17, 15) is 0 Å². The molecule has 0 spiro atoms. The van der Waals surface area contributed by atoms with Crippen LogP contribution in [0.15, 0.2) is 35.3 Å². The van der Waals surface area contributed by atoms with Crippen LogP contribution in [0.4, 0.5) is 0 Å². The van der Waals surface area contributed by atoms with E-state index in [1.54, 1.807) is 0 Å². The Morgan fingerprint density at radius 2 is 1.96 bits per heavy atom. The van der Waals surface area contributed by atoms with Gasteiger partial charge in [0.25, 0.3) is 0 Å². The summed E-state index contributed by atoms with van der Waals surface area (Å²) < 4.78 is 5.46. The fourth-order valence-corrected chi connectivity index (χ4v) is 4.07. The molecule has 28 heavy (non-hydrogen) atoms. The summed E-state index contributed by atoms with van der Waals surface area (Å²) >= 11 is 0. The average molecular weight is 388 g/mol. The first-order chi connectivity index (χ1) is 13.8. The number of benzene rings is 1. The fraction of sp³-hybridized carbons (Fsp3) is 0.682. The van der Waals surface area contributed by atoms with Crippen molar-refractivity contribution in [2.45, 2.75) is 45.3 Å². The lowest BCUT2D eigenvalue weighted by Gasteiger charge is -2.31. The first kappa shape index (κ1) is 21.1. The van der Waals surface area contributed by atoms with E-state index in [-0.39, 0.29) is 0 Å². The maximum Gasteiger partial charge on any atom is 0.191 e. The van der Waals surface area contributed by atoms with Gasteiger partial charge in [-0.2, -0.15) is 0 Å². The van der Waals surface area contributed by atoms with Crippen molar-refractivity contribution in [2.75, 3.05) is 52.5 Å². The zero-order valence-electron chi connectivity index (χ0n) is 17.6. The van der Waals surface area contributed by atoms with Gasteiger partial charge in [0.2, 0.25) is 0 Å². The number of hydrogen-bond acceptors (Lipinski definition) is 4. The van der Waals surface area contributed by atoms with Crippen LogP contribution in [0.5, 0.6) is 0 Å². The Hall–Kier alpha value is -1.63. The molecular formula is C22H37N5O. The molecule has 1 aromatic rings. The number of aliphatic imine (C=N–C) groups is 1. The summed E-state index contributed by atoms with van der Waals surface area (Å²) in [5, 5.41) is 7.00. The Morgan fingerprint density at radius 3 is 2.71 bits per heavy atom. The van der Waals surface area contributed by atoms with E-state index in [2.05, 4.69) is 64.6 Å². The summed E-state index contributed by atoms with van der Waals surface area (Å²) in [5.41, 5.74) is 1.40. The van der Waals surface area contributed by atoms with Crippen molar-refractivity contribution in [3.8, 4) is 0 Å². The topological polar surface area (TPSA) is 52.1 Å². The summed E-state index contributed by atoms with van der Waals surface area (Å²) in [6.45, 7) is 13.0. The summed E-state index contributed by atoms with van der Waals surface area (Å²) in [4.78, 5) is 9.92. The quantitative estimate of drug-likeness (QED) is 0.527. The SMILES string of the molecule is CCNC(=NCC(C)N1CCOCC1)NCC1CCCN1Cc1ccccc1. The van der Waals surface area contributed by atoms with Gasteiger partial charge >= 0.3 is 0 Å². The molecule has 2 aliphatic rings. The van der Waals surface area contributed by atoms with E-state index in [0.29, 0.717) is 12.1 Å². The molecule has 0 aromatic heterocycles. The zero-order valence-corrected chi connectivity index (χ0v) is 17.6. The Balaban J connectivity index is 1.49. The van der Waals surface area contributed by atoms with E-state index >= 15 is 0 Å². The highest BCUT2D eigenvalue weighted by atomic mass is 16.5. The minimum Gasteiger partial charge on any atom is -0.379 e. The normalized spacial score (nSPS) is 22.9. The second-order valence-corrected chi connectivity index (χ2v) is 7.85. The van der Waals surface area contributed by atoms with E-state index < -0.39 is 0 Å². The molecule has 2 N–H and O–H groups in total. The van der Waals surface area contributed by atoms with Gasteiger partial charge in [-0.15, -0.1) is 0 Å². The van der Waals surface area contributed by atoms with Crippen LogP contribution in [-0.4, -0.2) is 80.3 Å². The third kappa shape index (κ3) is 6.47. The molecule has 6 nitrogen and oxygen atoms in total. The number of ether oxygens (including phenoxy) is 1. The van der Waals surface area contributed by atoms with Crippen LogP contribution in [0.1, 0.15) is 32.3 Å². The molecule has 1 aromatic carbocycles. The molecule has 0 radical (unpaired) electrons. The molecule has 156 valence electrons. The third-order valence-corrected chi connectivity index (χ3v) is 5.76. The molecule has 0 aliphatic carbocycles. The second-order valence-electron chi connectivity index (χ2n) is 7.85. The average Bonchev–Trinajstić information content (AvgIpc) is 3.18. The van der Waals surface area contributed by atoms with Gasteiger partial charge in [0.15, 0.2) is 5.96 Å². The van der Waals surface area contributed by atoms with Crippen LogP contribution < -0.4 is 10.6 Å². The molecule has 0 saturated carbocycles. The van der Waals surface area contributed by atoms with Gasteiger partial charge < -0.3 is 15.4 Å². The van der Waals surface area contributed by atoms with Crippen LogP contribution in [-0.2, 0) is 11.3 Å². The second kappa shape index (κ2) is 11.4. The van der Waals surface area contributed by atoms with Crippen molar-refractivity contribution in [2.24, 2.45) is 4.99 Å². The lowest BCUT2D eigenvalue weighted by atomic mass is 10.2. The minimum atomic E-state index is 0.445. The molecule has 2 aliphatic heterocycles. The molecular weight excluding hydrogens is 350 g/mol. The third-order valence-electron chi connectivity index (χ3n) is 5.76. The molecule has 6 heteroatoms. The Bertz CT molecular complexity index is 588. The van der Waals surface area contributed by atoms with E-state index in [0.717, 1.165) is 58.4 Å². The first-order valence-electron chi connectivity index (χ1n) is 10.9. The molecule has 2 atom stereocenters. The number of guanidine groups is 1. The van der Waals surface area contributed by atoms with Gasteiger partial charge in [0.05, 0.1) is 19.8 Å². The lowest BCUT2D eigenvalue weighted by Crippen LogP contribution is -2.46. The van der Waals surface area contributed by atoms with Crippen molar-refractivity contribution in [1.29, 1.82) is 0 Å². The number of rotatable bonds is 8. The van der Waals surface area contributed by atoms with Crippen molar-refractivity contribution in [1.82, 2.24) is 20.4 Å². The summed E-state index contributed by atoms with van der Waals surface area (Å²) in [7, 11) is 0. The van der Waals surface area contributed by atoms with Crippen LogP contribution in [0.2, 0.25) is 0 Å². The van der Waals surface area contributed by atoms with Gasteiger partial charge in [-0.1, -0.05) is 30.3 Å². The van der Waals surface area contributed by atoms with Crippen molar-refractivity contribution >= 4 is 5.96 Å². The Kier molecular flexibility index (Phi) is 8.58. The minimum absolute atomic E-state index is 0.445. The smallest absolute Gasteiger partial charge is 0.191 e. The predicted molar refractivity (Wildman–Crippen MR) is 116 cm³/mol. The summed E-state index contributed by atoms with van der Waals surface area (Å²) in [6.07, 6.45) is 2.53. The Morgan fingerprint density at radius 1 is 1.18 bits per heavy atom. The first-order valence-corrected chi connectivity index (χ1v) is 10.9. The molecule has 2 saturated heterocycles. The Labute approximate surface area is 170 Å². The number of morpholine rings is 1. The van der Waals surface area contributed by atoms with Gasteiger partial charge in [0.1, 0.15) is 0 Å². The lowest BCUT2D eigenvalue weighted by molar-refractivity contribution is 0.0220. The van der Waals surface area contributed by atoms with Crippen molar-refractivity contribution in [3.63, 3.8) is 0 Å².